The monoisotopic (exact) mass is 411 g/mol. The normalized spacial score (nSPS) is 15.3. The predicted molar refractivity (Wildman–Crippen MR) is 101 cm³/mol. The molecule has 0 unspecified atom stereocenters. The molecule has 1 fully saturated rings. The number of sulfonamides is 1. The van der Waals surface area contributed by atoms with E-state index in [0.717, 1.165) is 10.5 Å². The summed E-state index contributed by atoms with van der Waals surface area (Å²) in [5, 5.41) is 2.49. The molecule has 10 heteroatoms. The zero-order valence-electron chi connectivity index (χ0n) is 16.4. The van der Waals surface area contributed by atoms with Crippen molar-refractivity contribution >= 4 is 27.9 Å². The molecule has 1 atom stereocenters. The first-order valence-electron chi connectivity index (χ1n) is 8.89. The van der Waals surface area contributed by atoms with Crippen LogP contribution in [0.5, 0.6) is 0 Å². The van der Waals surface area contributed by atoms with Crippen molar-refractivity contribution in [2.45, 2.75) is 45.1 Å². The Morgan fingerprint density at radius 2 is 1.86 bits per heavy atom. The van der Waals surface area contributed by atoms with E-state index in [1.807, 2.05) is 6.92 Å². The number of nitrogens with zero attached hydrogens (tertiary/aromatic N) is 1. The molecule has 1 aromatic rings. The molecule has 1 saturated heterocycles. The Hall–Kier alpha value is -2.46. The standard InChI is InChI=1S/C18H25N3O6S/c1-11-9-12(2)16(13(3)10-11)28(25,26)20-6-5-15(22)27-14(4)17(23)21-8-7-19-18(21)24/h9-10,14,20H,5-8H2,1-4H3,(H,19,24)/t14-/m1/s1. The number of hydrogen-bond donors (Lipinski definition) is 2. The number of aryl methyl sites for hydroxylation is 3. The lowest BCUT2D eigenvalue weighted by Crippen LogP contribution is -2.42. The fourth-order valence-corrected chi connectivity index (χ4v) is 4.64. The quantitative estimate of drug-likeness (QED) is 0.639. The largest absolute Gasteiger partial charge is 0.452 e. The van der Waals surface area contributed by atoms with Crippen LogP contribution in [0.3, 0.4) is 0 Å². The summed E-state index contributed by atoms with van der Waals surface area (Å²) >= 11 is 0. The van der Waals surface area contributed by atoms with Crippen LogP contribution >= 0.6 is 0 Å². The lowest BCUT2D eigenvalue weighted by molar-refractivity contribution is -0.157. The minimum Gasteiger partial charge on any atom is -0.452 e. The SMILES string of the molecule is Cc1cc(C)c(S(=O)(=O)NCCC(=O)O[C@H](C)C(=O)N2CCNC2=O)c(C)c1. The molecule has 154 valence electrons. The van der Waals surface area contributed by atoms with E-state index in [9.17, 15) is 22.8 Å². The molecule has 1 aliphatic heterocycles. The Balaban J connectivity index is 1.89. The van der Waals surface area contributed by atoms with Gasteiger partial charge in [-0.05, 0) is 38.8 Å². The van der Waals surface area contributed by atoms with Gasteiger partial charge in [0.05, 0.1) is 11.3 Å². The first-order chi connectivity index (χ1) is 13.0. The fraction of sp³-hybridized carbons (Fsp3) is 0.500. The van der Waals surface area contributed by atoms with Crippen LogP contribution in [-0.2, 0) is 24.3 Å². The van der Waals surface area contributed by atoms with Gasteiger partial charge in [0.25, 0.3) is 5.91 Å². The summed E-state index contributed by atoms with van der Waals surface area (Å²) in [6.07, 6.45) is -1.37. The third kappa shape index (κ3) is 5.08. The maximum atomic E-state index is 12.5. The Kier molecular flexibility index (Phi) is 6.78. The maximum absolute atomic E-state index is 12.5. The molecule has 0 saturated carbocycles. The van der Waals surface area contributed by atoms with Crippen LogP contribution in [0.15, 0.2) is 17.0 Å². The Morgan fingerprint density at radius 3 is 2.39 bits per heavy atom. The number of amides is 3. The molecule has 9 nitrogen and oxygen atoms in total. The molecule has 1 aromatic carbocycles. The zero-order chi connectivity index (χ0) is 21.1. The smallest absolute Gasteiger partial charge is 0.324 e. The van der Waals surface area contributed by atoms with Gasteiger partial charge in [0.2, 0.25) is 10.0 Å². The zero-order valence-corrected chi connectivity index (χ0v) is 17.2. The number of ether oxygens (including phenoxy) is 1. The Bertz CT molecular complexity index is 874. The first kappa shape index (κ1) is 21.8. The van der Waals surface area contributed by atoms with Crippen LogP contribution in [0.4, 0.5) is 4.79 Å². The number of carbonyl (C=O) groups excluding carboxylic acids is 3. The number of carbonyl (C=O) groups is 3. The molecule has 0 spiro atoms. The third-order valence-corrected chi connectivity index (χ3v) is 6.04. The second kappa shape index (κ2) is 8.70. The highest BCUT2D eigenvalue weighted by Gasteiger charge is 2.31. The highest BCUT2D eigenvalue weighted by molar-refractivity contribution is 7.89. The number of benzene rings is 1. The van der Waals surface area contributed by atoms with E-state index in [-0.39, 0.29) is 24.4 Å². The number of hydrogen-bond acceptors (Lipinski definition) is 6. The molecular weight excluding hydrogens is 386 g/mol. The van der Waals surface area contributed by atoms with Gasteiger partial charge in [-0.2, -0.15) is 0 Å². The van der Waals surface area contributed by atoms with E-state index >= 15 is 0 Å². The number of imide groups is 1. The second-order valence-corrected chi connectivity index (χ2v) is 8.43. The highest BCUT2D eigenvalue weighted by Crippen LogP contribution is 2.21. The molecule has 0 bridgehead atoms. The van der Waals surface area contributed by atoms with Crippen molar-refractivity contribution in [3.05, 3.63) is 28.8 Å². The minimum atomic E-state index is -3.79. The molecular formula is C18H25N3O6S. The van der Waals surface area contributed by atoms with Crippen molar-refractivity contribution in [3.63, 3.8) is 0 Å². The molecule has 28 heavy (non-hydrogen) atoms. The van der Waals surface area contributed by atoms with Crippen molar-refractivity contribution in [3.8, 4) is 0 Å². The summed E-state index contributed by atoms with van der Waals surface area (Å²) in [5.41, 5.74) is 2.20. The molecule has 0 aromatic heterocycles. The van der Waals surface area contributed by atoms with Gasteiger partial charge in [-0.3, -0.25) is 14.5 Å². The van der Waals surface area contributed by atoms with Gasteiger partial charge >= 0.3 is 12.0 Å². The summed E-state index contributed by atoms with van der Waals surface area (Å²) < 4.78 is 32.5. The summed E-state index contributed by atoms with van der Waals surface area (Å²) in [5.74, 6) is -1.35. The third-order valence-electron chi connectivity index (χ3n) is 4.27. The number of nitrogens with one attached hydrogen (secondary N) is 2. The molecule has 0 aliphatic carbocycles. The van der Waals surface area contributed by atoms with Crippen LogP contribution in [0.25, 0.3) is 0 Å². The summed E-state index contributed by atoms with van der Waals surface area (Å²) in [6, 6.07) is 3.03. The molecule has 1 aliphatic rings. The Labute approximate surface area is 164 Å². The Morgan fingerprint density at radius 1 is 1.25 bits per heavy atom. The second-order valence-electron chi connectivity index (χ2n) is 6.73. The van der Waals surface area contributed by atoms with Gasteiger partial charge in [0, 0.05) is 19.6 Å². The van der Waals surface area contributed by atoms with Gasteiger partial charge in [0.1, 0.15) is 0 Å². The minimum absolute atomic E-state index is 0.168. The number of esters is 1. The van der Waals surface area contributed by atoms with Crippen LogP contribution < -0.4 is 10.0 Å². The predicted octanol–water partition coefficient (Wildman–Crippen LogP) is 0.764. The van der Waals surface area contributed by atoms with Gasteiger partial charge < -0.3 is 10.1 Å². The molecule has 2 rings (SSSR count). The van der Waals surface area contributed by atoms with E-state index in [4.69, 9.17) is 4.74 Å². The van der Waals surface area contributed by atoms with E-state index in [2.05, 4.69) is 10.0 Å². The highest BCUT2D eigenvalue weighted by atomic mass is 32.2. The molecule has 2 N–H and O–H groups in total. The van der Waals surface area contributed by atoms with Crippen LogP contribution in [0.1, 0.15) is 30.0 Å². The van der Waals surface area contributed by atoms with Gasteiger partial charge in [0.15, 0.2) is 6.10 Å². The van der Waals surface area contributed by atoms with Crippen molar-refractivity contribution in [1.29, 1.82) is 0 Å². The van der Waals surface area contributed by atoms with E-state index < -0.39 is 34.0 Å². The summed E-state index contributed by atoms with van der Waals surface area (Å²) in [4.78, 5) is 36.7. The van der Waals surface area contributed by atoms with Crippen molar-refractivity contribution in [2.24, 2.45) is 0 Å². The summed E-state index contributed by atoms with van der Waals surface area (Å²) in [6.45, 7) is 7.08. The maximum Gasteiger partial charge on any atom is 0.324 e. The van der Waals surface area contributed by atoms with Gasteiger partial charge in [-0.1, -0.05) is 17.7 Å². The van der Waals surface area contributed by atoms with E-state index in [0.29, 0.717) is 17.7 Å². The number of rotatable bonds is 7. The van der Waals surface area contributed by atoms with Crippen molar-refractivity contribution < 1.29 is 27.5 Å². The first-order valence-corrected chi connectivity index (χ1v) is 10.4. The lowest BCUT2D eigenvalue weighted by Gasteiger charge is -2.18. The van der Waals surface area contributed by atoms with Crippen LogP contribution in [0, 0.1) is 20.8 Å². The lowest BCUT2D eigenvalue weighted by atomic mass is 10.1. The van der Waals surface area contributed by atoms with Crippen LogP contribution in [-0.4, -0.2) is 57.0 Å². The average Bonchev–Trinajstić information content (AvgIpc) is 2.98. The average molecular weight is 411 g/mol. The van der Waals surface area contributed by atoms with Crippen LogP contribution in [0.2, 0.25) is 0 Å². The van der Waals surface area contributed by atoms with Crippen molar-refractivity contribution in [2.75, 3.05) is 19.6 Å². The van der Waals surface area contributed by atoms with E-state index in [1.54, 1.807) is 26.0 Å². The topological polar surface area (TPSA) is 122 Å². The fourth-order valence-electron chi connectivity index (χ4n) is 3.16. The van der Waals surface area contributed by atoms with Gasteiger partial charge in [-0.15, -0.1) is 0 Å². The molecule has 3 amide bonds. The van der Waals surface area contributed by atoms with Gasteiger partial charge in [-0.25, -0.2) is 17.9 Å². The molecule has 1 heterocycles. The van der Waals surface area contributed by atoms with Crippen molar-refractivity contribution in [1.82, 2.24) is 14.9 Å². The molecule has 0 radical (unpaired) electrons. The summed E-state index contributed by atoms with van der Waals surface area (Å²) in [7, 11) is -3.79. The van der Waals surface area contributed by atoms with E-state index in [1.165, 1.54) is 6.92 Å². The number of urea groups is 1.